The molecule has 5 heteroatoms. The van der Waals surface area contributed by atoms with Gasteiger partial charge in [-0.2, -0.15) is 0 Å². The summed E-state index contributed by atoms with van der Waals surface area (Å²) >= 11 is 5.05. The minimum Gasteiger partial charge on any atom is -0.316 e. The molecule has 3 rings (SSSR count). The van der Waals surface area contributed by atoms with Gasteiger partial charge in [-0.15, -0.1) is 11.3 Å². The van der Waals surface area contributed by atoms with E-state index >= 15 is 0 Å². The Balaban J connectivity index is 2.18. The van der Waals surface area contributed by atoms with Crippen molar-refractivity contribution in [3.05, 3.63) is 51.3 Å². The molecular weight excluding hydrogens is 312 g/mol. The lowest BCUT2D eigenvalue weighted by atomic mass is 10.0. The Kier molecular flexibility index (Phi) is 3.01. The summed E-state index contributed by atoms with van der Waals surface area (Å²) in [6, 6.07) is 9.89. The fourth-order valence-corrected chi connectivity index (χ4v) is 3.16. The topological polar surface area (TPSA) is 41.5 Å². The molecular formula is C13H9BrN2OS. The number of thiophene rings is 1. The van der Waals surface area contributed by atoms with Crippen molar-refractivity contribution in [2.75, 3.05) is 11.9 Å². The lowest BCUT2D eigenvalue weighted by molar-refractivity contribution is -0.114. The van der Waals surface area contributed by atoms with Crippen LogP contribution in [-0.4, -0.2) is 18.2 Å². The summed E-state index contributed by atoms with van der Waals surface area (Å²) in [4.78, 5) is 16.0. The number of hydrogen-bond donors (Lipinski definition) is 1. The van der Waals surface area contributed by atoms with Crippen molar-refractivity contribution in [1.82, 2.24) is 0 Å². The first kappa shape index (κ1) is 11.6. The van der Waals surface area contributed by atoms with Crippen LogP contribution in [0.5, 0.6) is 0 Å². The number of halogens is 1. The zero-order chi connectivity index (χ0) is 12.5. The zero-order valence-corrected chi connectivity index (χ0v) is 11.7. The van der Waals surface area contributed by atoms with Gasteiger partial charge in [0.05, 0.1) is 5.71 Å². The number of hydrogen-bond acceptors (Lipinski definition) is 3. The Bertz CT molecular complexity index is 648. The molecule has 0 radical (unpaired) electrons. The largest absolute Gasteiger partial charge is 0.316 e. The molecule has 0 atom stereocenters. The van der Waals surface area contributed by atoms with Gasteiger partial charge >= 0.3 is 0 Å². The Morgan fingerprint density at radius 1 is 1.22 bits per heavy atom. The van der Waals surface area contributed by atoms with Crippen LogP contribution in [0.1, 0.15) is 11.1 Å². The second kappa shape index (κ2) is 4.66. The molecule has 3 nitrogen and oxygen atoms in total. The van der Waals surface area contributed by atoms with Crippen LogP contribution >= 0.6 is 27.3 Å². The molecule has 0 bridgehead atoms. The molecule has 2 heterocycles. The predicted molar refractivity (Wildman–Crippen MR) is 77.6 cm³/mol. The average molecular weight is 321 g/mol. The summed E-state index contributed by atoms with van der Waals surface area (Å²) in [5, 5.41) is 5.70. The van der Waals surface area contributed by atoms with E-state index in [1.165, 1.54) is 11.3 Å². The van der Waals surface area contributed by atoms with E-state index in [1.54, 1.807) is 0 Å². The van der Waals surface area contributed by atoms with Crippen LogP contribution in [-0.2, 0) is 4.79 Å². The first-order valence-corrected chi connectivity index (χ1v) is 7.10. The highest BCUT2D eigenvalue weighted by Gasteiger charge is 2.19. The van der Waals surface area contributed by atoms with Crippen molar-refractivity contribution in [3.8, 4) is 0 Å². The van der Waals surface area contributed by atoms with Gasteiger partial charge in [0.15, 0.2) is 0 Å². The third-order valence-electron chi connectivity index (χ3n) is 2.68. The lowest BCUT2D eigenvalue weighted by Gasteiger charge is -2.07. The van der Waals surface area contributed by atoms with Crippen LogP contribution in [0.25, 0.3) is 0 Å². The highest BCUT2D eigenvalue weighted by molar-refractivity contribution is 9.10. The zero-order valence-electron chi connectivity index (χ0n) is 9.31. The summed E-state index contributed by atoms with van der Waals surface area (Å²) in [5.74, 6) is -0.0687. The van der Waals surface area contributed by atoms with Gasteiger partial charge in [0.1, 0.15) is 11.5 Å². The second-order valence-electron chi connectivity index (χ2n) is 3.86. The molecule has 1 aliphatic rings. The summed E-state index contributed by atoms with van der Waals surface area (Å²) in [6.45, 7) is 0.165. The standard InChI is InChI=1S/C13H9BrN2OS/c14-10-4-2-1-3-8(10)12-9-5-6-18-13(9)16-11(17)7-15-12/h1-6H,7H2,(H,16,17). The molecule has 1 N–H and O–H groups in total. The number of benzene rings is 1. The summed E-state index contributed by atoms with van der Waals surface area (Å²) in [6.07, 6.45) is 0. The van der Waals surface area contributed by atoms with E-state index in [0.29, 0.717) is 0 Å². The van der Waals surface area contributed by atoms with Gasteiger partial charge in [0, 0.05) is 15.6 Å². The summed E-state index contributed by atoms with van der Waals surface area (Å²) < 4.78 is 0.982. The van der Waals surface area contributed by atoms with Gasteiger partial charge in [-0.1, -0.05) is 34.1 Å². The van der Waals surface area contributed by atoms with Crippen molar-refractivity contribution >= 4 is 43.9 Å². The van der Waals surface area contributed by atoms with Crippen LogP contribution in [0.2, 0.25) is 0 Å². The number of carbonyl (C=O) groups excluding carboxylic acids is 1. The van der Waals surface area contributed by atoms with Crippen molar-refractivity contribution in [1.29, 1.82) is 0 Å². The maximum Gasteiger partial charge on any atom is 0.246 e. The van der Waals surface area contributed by atoms with Crippen molar-refractivity contribution < 1.29 is 4.79 Å². The monoisotopic (exact) mass is 320 g/mol. The molecule has 1 aromatic heterocycles. The molecule has 1 amide bonds. The number of anilines is 1. The van der Waals surface area contributed by atoms with Crippen LogP contribution in [0, 0.1) is 0 Å². The fraction of sp³-hybridized carbons (Fsp3) is 0.0769. The normalized spacial score (nSPS) is 14.5. The van der Waals surface area contributed by atoms with Crippen molar-refractivity contribution in [2.24, 2.45) is 4.99 Å². The van der Waals surface area contributed by atoms with Gasteiger partial charge < -0.3 is 5.32 Å². The SMILES string of the molecule is O=C1CN=C(c2ccccc2Br)c2ccsc2N1. The Morgan fingerprint density at radius 2 is 2.06 bits per heavy atom. The van der Waals surface area contributed by atoms with Crippen LogP contribution < -0.4 is 5.32 Å². The van der Waals surface area contributed by atoms with E-state index in [-0.39, 0.29) is 12.5 Å². The first-order valence-electron chi connectivity index (χ1n) is 5.43. The Hall–Kier alpha value is -1.46. The second-order valence-corrected chi connectivity index (χ2v) is 5.63. The number of nitrogens with one attached hydrogen (secondary N) is 1. The van der Waals surface area contributed by atoms with Gasteiger partial charge in [0.2, 0.25) is 5.91 Å². The highest BCUT2D eigenvalue weighted by atomic mass is 79.9. The molecule has 0 spiro atoms. The molecule has 1 aromatic carbocycles. The minimum absolute atomic E-state index is 0.0687. The third-order valence-corrected chi connectivity index (χ3v) is 4.20. The summed E-state index contributed by atoms with van der Waals surface area (Å²) in [7, 11) is 0. The number of carbonyl (C=O) groups is 1. The molecule has 90 valence electrons. The van der Waals surface area contributed by atoms with E-state index < -0.39 is 0 Å². The minimum atomic E-state index is -0.0687. The maximum atomic E-state index is 11.6. The fourth-order valence-electron chi connectivity index (χ4n) is 1.88. The number of aliphatic imine (C=N–C) groups is 1. The molecule has 0 aliphatic carbocycles. The van der Waals surface area contributed by atoms with E-state index in [4.69, 9.17) is 0 Å². The molecule has 0 saturated carbocycles. The number of rotatable bonds is 1. The molecule has 2 aromatic rings. The lowest BCUT2D eigenvalue weighted by Crippen LogP contribution is -2.12. The van der Waals surface area contributed by atoms with Crippen LogP contribution in [0.15, 0.2) is 45.2 Å². The molecule has 0 saturated heterocycles. The predicted octanol–water partition coefficient (Wildman–Crippen LogP) is 3.30. The van der Waals surface area contributed by atoms with Crippen molar-refractivity contribution in [2.45, 2.75) is 0 Å². The molecule has 0 unspecified atom stereocenters. The van der Waals surface area contributed by atoms with Gasteiger partial charge in [-0.25, -0.2) is 0 Å². The quantitative estimate of drug-likeness (QED) is 0.860. The van der Waals surface area contributed by atoms with Crippen LogP contribution in [0.3, 0.4) is 0 Å². The van der Waals surface area contributed by atoms with E-state index in [2.05, 4.69) is 26.2 Å². The summed E-state index contributed by atoms with van der Waals surface area (Å²) in [5.41, 5.74) is 2.85. The van der Waals surface area contributed by atoms with Crippen LogP contribution in [0.4, 0.5) is 5.00 Å². The van der Waals surface area contributed by atoms with Crippen molar-refractivity contribution in [3.63, 3.8) is 0 Å². The van der Waals surface area contributed by atoms with E-state index in [9.17, 15) is 4.79 Å². The number of amides is 1. The number of nitrogens with zero attached hydrogens (tertiary/aromatic N) is 1. The third kappa shape index (κ3) is 2.00. The molecule has 1 aliphatic heterocycles. The van der Waals surface area contributed by atoms with Gasteiger partial charge in [-0.3, -0.25) is 9.79 Å². The molecule has 18 heavy (non-hydrogen) atoms. The number of fused-ring (bicyclic) bond motifs is 1. The smallest absolute Gasteiger partial charge is 0.246 e. The molecule has 0 fully saturated rings. The average Bonchev–Trinajstić information content (AvgIpc) is 2.74. The van der Waals surface area contributed by atoms with Gasteiger partial charge in [0.25, 0.3) is 0 Å². The Labute approximate surface area is 117 Å². The van der Waals surface area contributed by atoms with E-state index in [0.717, 1.165) is 26.3 Å². The highest BCUT2D eigenvalue weighted by Crippen LogP contribution is 2.30. The van der Waals surface area contributed by atoms with E-state index in [1.807, 2.05) is 35.7 Å². The van der Waals surface area contributed by atoms with Gasteiger partial charge in [-0.05, 0) is 17.5 Å². The maximum absolute atomic E-state index is 11.6. The first-order chi connectivity index (χ1) is 8.75. The Morgan fingerprint density at radius 3 is 2.89 bits per heavy atom.